The van der Waals surface area contributed by atoms with E-state index < -0.39 is 0 Å². The summed E-state index contributed by atoms with van der Waals surface area (Å²) in [4.78, 5) is 4.83. The summed E-state index contributed by atoms with van der Waals surface area (Å²) in [7, 11) is 0. The summed E-state index contributed by atoms with van der Waals surface area (Å²) in [5.74, 6) is 0.987. The van der Waals surface area contributed by atoms with Crippen LogP contribution in [0, 0.1) is 12.8 Å². The highest BCUT2D eigenvalue weighted by Crippen LogP contribution is 2.41. The molecule has 4 nitrogen and oxygen atoms in total. The fourth-order valence-corrected chi connectivity index (χ4v) is 5.12. The number of piperidine rings is 1. The first kappa shape index (κ1) is 29.1. The van der Waals surface area contributed by atoms with E-state index in [4.69, 9.17) is 4.74 Å². The number of fused-ring (bicyclic) bond motifs is 1. The summed E-state index contributed by atoms with van der Waals surface area (Å²) in [6.07, 6.45) is 15.5. The molecule has 2 atom stereocenters. The van der Waals surface area contributed by atoms with Gasteiger partial charge in [0.15, 0.2) is 0 Å². The summed E-state index contributed by atoms with van der Waals surface area (Å²) >= 11 is 0. The molecule has 1 saturated heterocycles. The lowest BCUT2D eigenvalue weighted by molar-refractivity contribution is -0.0775. The number of likely N-dealkylation sites (tertiary alicyclic amines) is 1. The van der Waals surface area contributed by atoms with Gasteiger partial charge >= 0.3 is 0 Å². The molecule has 0 aromatic heterocycles. The number of rotatable bonds is 11. The molecule has 35 heavy (non-hydrogen) atoms. The molecule has 194 valence electrons. The Morgan fingerprint density at radius 3 is 2.34 bits per heavy atom. The van der Waals surface area contributed by atoms with Crippen LogP contribution in [0.15, 0.2) is 62.2 Å². The van der Waals surface area contributed by atoms with Crippen LogP contribution in [0.25, 0.3) is 0 Å². The summed E-state index contributed by atoms with van der Waals surface area (Å²) in [5.41, 5.74) is 3.17. The van der Waals surface area contributed by atoms with Gasteiger partial charge in [-0.05, 0) is 69.7 Å². The lowest BCUT2D eigenvalue weighted by Crippen LogP contribution is -2.43. The van der Waals surface area contributed by atoms with Crippen LogP contribution in [0.2, 0.25) is 0 Å². The van der Waals surface area contributed by atoms with E-state index in [-0.39, 0.29) is 12.2 Å². The van der Waals surface area contributed by atoms with Crippen LogP contribution in [0.1, 0.15) is 62.3 Å². The van der Waals surface area contributed by atoms with E-state index in [0.29, 0.717) is 11.7 Å². The summed E-state index contributed by atoms with van der Waals surface area (Å²) in [6.45, 7) is 23.5. The fraction of sp³-hybridized carbons (Fsp3) is 0.548. The topological polar surface area (TPSA) is 35.9 Å². The number of phenols is 1. The molecule has 0 saturated carbocycles. The molecule has 1 fully saturated rings. The number of nitrogens with zero attached hydrogens (tertiary/aromatic N) is 2. The van der Waals surface area contributed by atoms with Crippen LogP contribution < -0.4 is 0 Å². The lowest BCUT2D eigenvalue weighted by atomic mass is 9.83. The molecular weight excluding hydrogens is 432 g/mol. The Morgan fingerprint density at radius 2 is 1.80 bits per heavy atom. The number of benzene rings is 1. The van der Waals surface area contributed by atoms with E-state index in [1.165, 1.54) is 0 Å². The lowest BCUT2D eigenvalue weighted by Gasteiger charge is -2.41. The Balaban J connectivity index is 0.000000784. The highest BCUT2D eigenvalue weighted by molar-refractivity contribution is 5.47. The third-order valence-electron chi connectivity index (χ3n) is 7.09. The highest BCUT2D eigenvalue weighted by Gasteiger charge is 2.36. The molecule has 1 aromatic rings. The molecule has 0 aliphatic carbocycles. The Kier molecular flexibility index (Phi) is 13.1. The summed E-state index contributed by atoms with van der Waals surface area (Å²) in [6, 6.07) is 4.15. The zero-order valence-corrected chi connectivity index (χ0v) is 22.4. The maximum absolute atomic E-state index is 10.8. The minimum Gasteiger partial charge on any atom is -0.507 e. The van der Waals surface area contributed by atoms with Crippen LogP contribution in [-0.4, -0.2) is 60.3 Å². The van der Waals surface area contributed by atoms with E-state index in [2.05, 4.69) is 54.7 Å². The molecule has 0 radical (unpaired) electrons. The molecule has 2 unspecified atom stereocenters. The van der Waals surface area contributed by atoms with Crippen LogP contribution in [0.5, 0.6) is 5.75 Å². The zero-order chi connectivity index (χ0) is 25.6. The first-order chi connectivity index (χ1) is 17.0. The number of aryl methyl sites for hydroxylation is 1. The van der Waals surface area contributed by atoms with E-state index in [1.54, 1.807) is 0 Å². The van der Waals surface area contributed by atoms with Crippen LogP contribution in [0.3, 0.4) is 0 Å². The van der Waals surface area contributed by atoms with Gasteiger partial charge in [0.2, 0.25) is 0 Å². The van der Waals surface area contributed by atoms with Gasteiger partial charge in [-0.3, -0.25) is 4.90 Å². The van der Waals surface area contributed by atoms with Gasteiger partial charge in [-0.1, -0.05) is 49.4 Å². The van der Waals surface area contributed by atoms with Crippen molar-refractivity contribution in [1.29, 1.82) is 0 Å². The molecule has 1 N–H and O–H groups in total. The average molecular weight is 481 g/mol. The van der Waals surface area contributed by atoms with Gasteiger partial charge in [0.1, 0.15) is 5.75 Å². The second kappa shape index (κ2) is 15.8. The molecule has 0 spiro atoms. The Bertz CT molecular complexity index is 814. The van der Waals surface area contributed by atoms with Crippen LogP contribution in [0.4, 0.5) is 0 Å². The largest absolute Gasteiger partial charge is 0.507 e. The molecule has 2 aliphatic heterocycles. The van der Waals surface area contributed by atoms with E-state index in [9.17, 15) is 5.11 Å². The normalized spacial score (nSPS) is 20.8. The Labute approximate surface area is 214 Å². The van der Waals surface area contributed by atoms with Crippen LogP contribution >= 0.6 is 0 Å². The van der Waals surface area contributed by atoms with Gasteiger partial charge in [-0.15, -0.1) is 19.7 Å². The standard InChI is InChI=1S/C26H38N2O2.C5H10/c1-5-8-15-27-16-11-21(12-17-27)24-18-23-22(10-9-20(4)26(23)29)25(30-24)19-28(13-6-2)14-7-3;1-3-5-4-2/h5-7,9-10,21,24-25,29H,1-3,8,11-19H2,4H3;3,5H,4H2,1-2H3/b;5-3-. The average Bonchev–Trinajstić information content (AvgIpc) is 2.86. The first-order valence-corrected chi connectivity index (χ1v) is 13.3. The van der Waals surface area contributed by atoms with Crippen molar-refractivity contribution >= 4 is 0 Å². The monoisotopic (exact) mass is 480 g/mol. The quantitative estimate of drug-likeness (QED) is 0.361. The molecular formula is C31H48N2O2. The number of phenolic OH excluding ortho intramolecular Hbond substituents is 1. The van der Waals surface area contributed by atoms with Crippen molar-refractivity contribution in [2.24, 2.45) is 5.92 Å². The molecule has 3 rings (SSSR count). The maximum atomic E-state index is 10.8. The highest BCUT2D eigenvalue weighted by atomic mass is 16.5. The van der Waals surface area contributed by atoms with Crippen molar-refractivity contribution in [3.8, 4) is 5.75 Å². The summed E-state index contributed by atoms with van der Waals surface area (Å²) in [5, 5.41) is 10.8. The molecule has 4 heteroatoms. The van der Waals surface area contributed by atoms with Crippen LogP contribution in [-0.2, 0) is 11.2 Å². The summed E-state index contributed by atoms with van der Waals surface area (Å²) < 4.78 is 6.73. The van der Waals surface area contributed by atoms with Gasteiger partial charge in [0.05, 0.1) is 12.2 Å². The second-order valence-electron chi connectivity index (χ2n) is 9.70. The van der Waals surface area contributed by atoms with Crippen molar-refractivity contribution in [3.05, 3.63) is 78.9 Å². The fourth-order valence-electron chi connectivity index (χ4n) is 5.12. The van der Waals surface area contributed by atoms with Gasteiger partial charge in [0.25, 0.3) is 0 Å². The van der Waals surface area contributed by atoms with Gasteiger partial charge in [-0.2, -0.15) is 0 Å². The first-order valence-electron chi connectivity index (χ1n) is 13.3. The Morgan fingerprint density at radius 1 is 1.11 bits per heavy atom. The number of hydrogen-bond acceptors (Lipinski definition) is 4. The van der Waals surface area contributed by atoms with Crippen molar-refractivity contribution in [2.75, 3.05) is 39.3 Å². The third-order valence-corrected chi connectivity index (χ3v) is 7.09. The van der Waals surface area contributed by atoms with Crippen molar-refractivity contribution in [1.82, 2.24) is 9.80 Å². The molecule has 1 aromatic carbocycles. The zero-order valence-electron chi connectivity index (χ0n) is 22.4. The number of hydrogen-bond donors (Lipinski definition) is 1. The molecule has 2 heterocycles. The molecule has 0 amide bonds. The van der Waals surface area contributed by atoms with Gasteiger partial charge in [0, 0.05) is 38.2 Å². The van der Waals surface area contributed by atoms with Crippen molar-refractivity contribution in [2.45, 2.75) is 65.1 Å². The smallest absolute Gasteiger partial charge is 0.122 e. The van der Waals surface area contributed by atoms with Crippen molar-refractivity contribution in [3.63, 3.8) is 0 Å². The van der Waals surface area contributed by atoms with Gasteiger partial charge < -0.3 is 14.7 Å². The van der Waals surface area contributed by atoms with E-state index in [1.807, 2.05) is 38.1 Å². The van der Waals surface area contributed by atoms with Gasteiger partial charge in [-0.25, -0.2) is 0 Å². The SMILES string of the molecule is C/C=C\CC.C=CCCN1CCC(C2Cc3c(ccc(C)c3O)C(CN(CC=C)CC=C)O2)CC1. The molecule has 0 bridgehead atoms. The second-order valence-corrected chi connectivity index (χ2v) is 9.70. The minimum atomic E-state index is -0.0380. The molecule has 2 aliphatic rings. The number of allylic oxidation sites excluding steroid dienone is 2. The maximum Gasteiger partial charge on any atom is 0.122 e. The predicted octanol–water partition coefficient (Wildman–Crippen LogP) is 6.62. The number of aromatic hydroxyl groups is 1. The van der Waals surface area contributed by atoms with E-state index in [0.717, 1.165) is 88.1 Å². The van der Waals surface area contributed by atoms with E-state index >= 15 is 0 Å². The Hall–Kier alpha value is -2.14. The minimum absolute atomic E-state index is 0.0380. The number of ether oxygens (including phenoxy) is 1. The predicted molar refractivity (Wildman–Crippen MR) is 150 cm³/mol. The third kappa shape index (κ3) is 8.79. The van der Waals surface area contributed by atoms with Crippen molar-refractivity contribution < 1.29 is 9.84 Å².